The lowest BCUT2D eigenvalue weighted by Crippen LogP contribution is -2.47. The molecule has 0 aromatic heterocycles. The number of carbonyl (C=O) groups excluding carboxylic acids is 1. The highest BCUT2D eigenvalue weighted by Gasteiger charge is 2.31. The molecule has 2 N–H and O–H groups in total. The van der Waals surface area contributed by atoms with Gasteiger partial charge in [0.2, 0.25) is 5.82 Å². The van der Waals surface area contributed by atoms with Crippen LogP contribution in [0.25, 0.3) is 0 Å². The second kappa shape index (κ2) is 11.2. The molecule has 1 fully saturated rings. The Morgan fingerprint density at radius 3 is 2.05 bits per heavy atom. The van der Waals surface area contributed by atoms with Gasteiger partial charge in [-0.25, -0.2) is 22.0 Å². The number of halogens is 7. The van der Waals surface area contributed by atoms with E-state index in [-0.39, 0.29) is 31.3 Å². The summed E-state index contributed by atoms with van der Waals surface area (Å²) in [6.45, 7) is 0.432. The van der Waals surface area contributed by atoms with Crippen molar-refractivity contribution >= 4 is 67.8 Å². The van der Waals surface area contributed by atoms with Crippen molar-refractivity contribution in [3.63, 3.8) is 0 Å². The van der Waals surface area contributed by atoms with E-state index in [9.17, 15) is 26.7 Å². The summed E-state index contributed by atoms with van der Waals surface area (Å²) in [6, 6.07) is 11.7. The Labute approximate surface area is 227 Å². The Bertz CT molecular complexity index is 1360. The quantitative estimate of drug-likeness (QED) is 0.157. The second-order valence-corrected chi connectivity index (χ2v) is 9.71. The zero-order chi connectivity index (χ0) is 26.9. The summed E-state index contributed by atoms with van der Waals surface area (Å²) >= 11 is 14.9. The Balaban J connectivity index is 1.39. The lowest BCUT2D eigenvalue weighted by atomic mass is 10.2. The average molecular weight is 620 g/mol. The smallest absolute Gasteiger partial charge is 0.257 e. The Morgan fingerprint density at radius 2 is 1.46 bits per heavy atom. The predicted octanol–water partition coefficient (Wildman–Crippen LogP) is 6.25. The molecule has 37 heavy (non-hydrogen) atoms. The molecule has 194 valence electrons. The summed E-state index contributed by atoms with van der Waals surface area (Å²) < 4.78 is 69.6. The van der Waals surface area contributed by atoms with E-state index in [0.29, 0.717) is 22.0 Å². The van der Waals surface area contributed by atoms with Crippen LogP contribution in [0.15, 0.2) is 46.9 Å². The van der Waals surface area contributed by atoms with E-state index in [0.717, 1.165) is 9.37 Å². The van der Waals surface area contributed by atoms with Crippen molar-refractivity contribution in [3.8, 4) is 0 Å². The van der Waals surface area contributed by atoms with Crippen LogP contribution in [0.1, 0.15) is 10.4 Å². The maximum Gasteiger partial charge on any atom is 0.257 e. The molecule has 1 aliphatic rings. The highest BCUT2D eigenvalue weighted by atomic mass is 79.9. The minimum absolute atomic E-state index is 0.000397. The van der Waals surface area contributed by atoms with Crippen molar-refractivity contribution in [3.05, 3.63) is 86.6 Å². The summed E-state index contributed by atoms with van der Waals surface area (Å²) in [7, 11) is 0. The molecule has 3 aromatic rings. The number of rotatable bonds is 4. The highest BCUT2D eigenvalue weighted by molar-refractivity contribution is 9.10. The Hall–Kier alpha value is -2.96. The predicted molar refractivity (Wildman–Crippen MR) is 140 cm³/mol. The fourth-order valence-electron chi connectivity index (χ4n) is 3.85. The monoisotopic (exact) mass is 618 g/mol. The molecule has 1 amide bonds. The first kappa shape index (κ1) is 27.1. The van der Waals surface area contributed by atoms with Gasteiger partial charge in [0, 0.05) is 41.9 Å². The van der Waals surface area contributed by atoms with E-state index >= 15 is 0 Å². The van der Waals surface area contributed by atoms with Gasteiger partial charge >= 0.3 is 0 Å². The van der Waals surface area contributed by atoms with Gasteiger partial charge in [-0.2, -0.15) is 0 Å². The number of nitrogens with zero attached hydrogens (tertiary/aromatic N) is 2. The summed E-state index contributed by atoms with van der Waals surface area (Å²) in [5.74, 6) is -10.3. The second-order valence-electron chi connectivity index (χ2n) is 7.98. The molecule has 0 spiro atoms. The fourth-order valence-corrected chi connectivity index (χ4v) is 4.76. The molecule has 5 nitrogen and oxygen atoms in total. The van der Waals surface area contributed by atoms with Crippen molar-refractivity contribution < 1.29 is 26.7 Å². The topological polar surface area (TPSA) is 47.6 Å². The van der Waals surface area contributed by atoms with E-state index in [1.165, 1.54) is 0 Å². The van der Waals surface area contributed by atoms with Crippen molar-refractivity contribution in [2.75, 3.05) is 41.3 Å². The van der Waals surface area contributed by atoms with Crippen LogP contribution in [0.4, 0.5) is 39.0 Å². The van der Waals surface area contributed by atoms with Crippen molar-refractivity contribution in [1.82, 2.24) is 5.32 Å². The van der Waals surface area contributed by atoms with Crippen LogP contribution in [0.2, 0.25) is 5.02 Å². The number of piperazine rings is 1. The maximum absolute atomic E-state index is 14.2. The van der Waals surface area contributed by atoms with Gasteiger partial charge in [-0.15, -0.1) is 0 Å². The van der Waals surface area contributed by atoms with Crippen LogP contribution >= 0.6 is 39.7 Å². The molecule has 0 atom stereocenters. The van der Waals surface area contributed by atoms with E-state index < -0.39 is 40.7 Å². The first-order valence-corrected chi connectivity index (χ1v) is 12.3. The SMILES string of the molecule is O=C(NC(=S)Nc1ccc(N2CCN(c3c(F)c(F)c(F)c(F)c3F)CC2)c(Cl)c1)c1cccc(Br)c1. The van der Waals surface area contributed by atoms with E-state index in [4.69, 9.17) is 23.8 Å². The lowest BCUT2D eigenvalue weighted by Gasteiger charge is -2.38. The van der Waals surface area contributed by atoms with Gasteiger partial charge < -0.3 is 15.1 Å². The first-order valence-electron chi connectivity index (χ1n) is 10.8. The molecule has 0 bridgehead atoms. The summed E-state index contributed by atoms with van der Waals surface area (Å²) in [5, 5.41) is 5.84. The van der Waals surface area contributed by atoms with Crippen LogP contribution in [0, 0.1) is 29.1 Å². The zero-order valence-corrected chi connectivity index (χ0v) is 21.9. The van der Waals surface area contributed by atoms with Gasteiger partial charge in [-0.3, -0.25) is 10.1 Å². The molecule has 1 heterocycles. The van der Waals surface area contributed by atoms with Gasteiger partial charge in [-0.1, -0.05) is 33.6 Å². The number of nitrogens with one attached hydrogen (secondary N) is 2. The standard InChI is InChI=1S/C24H17BrClF5N4OS/c25-13-3-1-2-12(10-13)23(36)33-24(37)32-14-4-5-16(15(26)11-14)34-6-8-35(9-7-34)22-20(30)18(28)17(27)19(29)21(22)31/h1-5,10-11H,6-9H2,(H2,32,33,36,37). The minimum Gasteiger partial charge on any atom is -0.367 e. The van der Waals surface area contributed by atoms with Crippen LogP contribution in [0.3, 0.4) is 0 Å². The van der Waals surface area contributed by atoms with Crippen molar-refractivity contribution in [1.29, 1.82) is 0 Å². The van der Waals surface area contributed by atoms with Gasteiger partial charge in [0.15, 0.2) is 28.4 Å². The third-order valence-corrected chi connectivity index (χ3v) is 6.64. The molecule has 3 aromatic carbocycles. The molecule has 0 aliphatic carbocycles. The van der Waals surface area contributed by atoms with Crippen LogP contribution < -0.4 is 20.4 Å². The third-order valence-electron chi connectivity index (χ3n) is 5.64. The molecule has 0 radical (unpaired) electrons. The van der Waals surface area contributed by atoms with Crippen LogP contribution in [-0.4, -0.2) is 37.2 Å². The summed E-state index contributed by atoms with van der Waals surface area (Å²) in [6.07, 6.45) is 0. The zero-order valence-electron chi connectivity index (χ0n) is 18.7. The van der Waals surface area contributed by atoms with Gasteiger partial charge in [0.1, 0.15) is 5.69 Å². The molecule has 1 saturated heterocycles. The number of amides is 1. The third kappa shape index (κ3) is 5.81. The molecule has 13 heteroatoms. The number of carbonyl (C=O) groups is 1. The molecule has 0 unspecified atom stereocenters. The number of hydrogen-bond donors (Lipinski definition) is 2. The van der Waals surface area contributed by atoms with Crippen molar-refractivity contribution in [2.24, 2.45) is 0 Å². The van der Waals surface area contributed by atoms with Crippen LogP contribution in [0.5, 0.6) is 0 Å². The van der Waals surface area contributed by atoms with Gasteiger partial charge in [-0.05, 0) is 48.6 Å². The Morgan fingerprint density at radius 1 is 0.865 bits per heavy atom. The summed E-state index contributed by atoms with van der Waals surface area (Å²) in [5.41, 5.74) is 0.582. The fraction of sp³-hybridized carbons (Fsp3) is 0.167. The average Bonchev–Trinajstić information content (AvgIpc) is 2.87. The van der Waals surface area contributed by atoms with Crippen molar-refractivity contribution in [2.45, 2.75) is 0 Å². The minimum atomic E-state index is -2.19. The van der Waals surface area contributed by atoms with E-state index in [1.807, 2.05) is 4.90 Å². The number of anilines is 3. The molecule has 0 saturated carbocycles. The molecule has 4 rings (SSSR count). The van der Waals surface area contributed by atoms with Gasteiger partial charge in [0.05, 0.1) is 10.7 Å². The van der Waals surface area contributed by atoms with Crippen LogP contribution in [-0.2, 0) is 0 Å². The normalized spacial score (nSPS) is 13.5. The summed E-state index contributed by atoms with van der Waals surface area (Å²) in [4.78, 5) is 15.3. The largest absolute Gasteiger partial charge is 0.367 e. The first-order chi connectivity index (χ1) is 17.6. The Kier molecular flexibility index (Phi) is 8.20. The molecular weight excluding hydrogens is 603 g/mol. The number of benzene rings is 3. The highest BCUT2D eigenvalue weighted by Crippen LogP contribution is 2.33. The lowest BCUT2D eigenvalue weighted by molar-refractivity contribution is 0.0977. The van der Waals surface area contributed by atoms with E-state index in [1.54, 1.807) is 42.5 Å². The number of hydrogen-bond acceptors (Lipinski definition) is 4. The molecule has 1 aliphatic heterocycles. The maximum atomic E-state index is 14.2. The van der Waals surface area contributed by atoms with Gasteiger partial charge in [0.25, 0.3) is 5.91 Å². The number of thiocarbonyl (C=S) groups is 1. The molecular formula is C24H17BrClF5N4OS. The van der Waals surface area contributed by atoms with E-state index in [2.05, 4.69) is 26.6 Å².